The lowest BCUT2D eigenvalue weighted by molar-refractivity contribution is -0.134. The molecule has 3 amide bonds. The number of carbonyl (C=O) groups excluding carboxylic acids is 2. The molecule has 3 fully saturated rings. The monoisotopic (exact) mass is 481 g/mol. The molecule has 9 heteroatoms. The van der Waals surface area contributed by atoms with E-state index in [4.69, 9.17) is 5.10 Å². The molecule has 3 aliphatic heterocycles. The van der Waals surface area contributed by atoms with Gasteiger partial charge in [0.1, 0.15) is 0 Å². The molecule has 9 nitrogen and oxygen atoms in total. The van der Waals surface area contributed by atoms with Crippen LogP contribution in [0.15, 0.2) is 18.2 Å². The molecule has 2 N–H and O–H groups in total. The number of imide groups is 1. The van der Waals surface area contributed by atoms with Gasteiger partial charge in [-0.2, -0.15) is 5.10 Å². The molecule has 0 saturated carbocycles. The van der Waals surface area contributed by atoms with Gasteiger partial charge in [-0.1, -0.05) is 32.9 Å². The maximum Gasteiger partial charge on any atom is 0.407 e. The number of carboxylic acid groups (broad SMARTS) is 1. The number of piperidine rings is 2. The van der Waals surface area contributed by atoms with Crippen molar-refractivity contribution in [2.45, 2.75) is 64.8 Å². The Labute approximate surface area is 205 Å². The van der Waals surface area contributed by atoms with E-state index < -0.39 is 12.0 Å². The van der Waals surface area contributed by atoms with Crippen molar-refractivity contribution < 1.29 is 19.5 Å². The van der Waals surface area contributed by atoms with Gasteiger partial charge in [0.05, 0.1) is 22.8 Å². The van der Waals surface area contributed by atoms with E-state index in [1.165, 1.54) is 0 Å². The molecule has 0 radical (unpaired) electrons. The van der Waals surface area contributed by atoms with Crippen LogP contribution in [0.4, 0.5) is 10.5 Å². The predicted octanol–water partition coefficient (Wildman–Crippen LogP) is 3.48. The molecule has 1 aromatic carbocycles. The Balaban J connectivity index is 1.58. The van der Waals surface area contributed by atoms with Gasteiger partial charge in [-0.3, -0.25) is 19.6 Å². The average molecular weight is 482 g/mol. The molecule has 1 aromatic heterocycles. The first-order chi connectivity index (χ1) is 16.5. The Morgan fingerprint density at radius 2 is 1.97 bits per heavy atom. The van der Waals surface area contributed by atoms with E-state index in [9.17, 15) is 19.5 Å². The minimum Gasteiger partial charge on any atom is -0.465 e. The van der Waals surface area contributed by atoms with E-state index >= 15 is 0 Å². The summed E-state index contributed by atoms with van der Waals surface area (Å²) in [5, 5.41) is 17.9. The van der Waals surface area contributed by atoms with E-state index in [1.54, 1.807) is 4.90 Å². The van der Waals surface area contributed by atoms with Crippen LogP contribution in [0.5, 0.6) is 0 Å². The molecule has 3 atom stereocenters. The number of carbonyl (C=O) groups is 3. The van der Waals surface area contributed by atoms with Crippen molar-refractivity contribution in [1.29, 1.82) is 0 Å². The number of benzene rings is 1. The molecule has 35 heavy (non-hydrogen) atoms. The number of hydrogen-bond donors (Lipinski definition) is 2. The maximum atomic E-state index is 12.6. The predicted molar refractivity (Wildman–Crippen MR) is 132 cm³/mol. The molecule has 1 spiro atoms. The number of nitrogens with one attached hydrogen (secondary N) is 1. The maximum absolute atomic E-state index is 12.6. The fourth-order valence-electron chi connectivity index (χ4n) is 7.12. The van der Waals surface area contributed by atoms with Gasteiger partial charge in [0.15, 0.2) is 0 Å². The van der Waals surface area contributed by atoms with Crippen LogP contribution in [0, 0.1) is 10.8 Å². The smallest absolute Gasteiger partial charge is 0.407 e. The average Bonchev–Trinajstić information content (AvgIpc) is 3.32. The number of fused-ring (bicyclic) bond motifs is 1. The summed E-state index contributed by atoms with van der Waals surface area (Å²) in [5.41, 5.74) is 2.57. The molecule has 0 bridgehead atoms. The van der Waals surface area contributed by atoms with E-state index in [2.05, 4.69) is 37.1 Å². The number of rotatable bonds is 2. The Kier molecular flexibility index (Phi) is 5.56. The van der Waals surface area contributed by atoms with Crippen molar-refractivity contribution in [3.05, 3.63) is 23.9 Å². The van der Waals surface area contributed by atoms with Gasteiger partial charge >= 0.3 is 6.09 Å². The van der Waals surface area contributed by atoms with Crippen molar-refractivity contribution in [2.24, 2.45) is 17.9 Å². The first kappa shape index (κ1) is 23.6. The highest BCUT2D eigenvalue weighted by atomic mass is 16.4. The molecular weight excluding hydrogens is 446 g/mol. The Morgan fingerprint density at radius 3 is 2.66 bits per heavy atom. The number of para-hydroxylation sites is 1. The third kappa shape index (κ3) is 3.85. The van der Waals surface area contributed by atoms with Gasteiger partial charge in [0, 0.05) is 49.9 Å². The molecular formula is C26H35N5O4. The van der Waals surface area contributed by atoms with Gasteiger partial charge in [0.25, 0.3) is 0 Å². The summed E-state index contributed by atoms with van der Waals surface area (Å²) < 4.78 is 1.86. The Hall–Kier alpha value is -3.10. The second-order valence-electron chi connectivity index (χ2n) is 11.6. The zero-order chi connectivity index (χ0) is 25.1. The summed E-state index contributed by atoms with van der Waals surface area (Å²) in [6.07, 6.45) is 2.77. The number of hydrogen-bond acceptors (Lipinski definition) is 5. The van der Waals surface area contributed by atoms with Gasteiger partial charge < -0.3 is 14.9 Å². The summed E-state index contributed by atoms with van der Waals surface area (Å²) in [6.45, 7) is 8.73. The standard InChI is InChI=1S/C26H35N5O4/c1-25(2,3)23-26(11-6-13-30(15-26)24(34)35)12-14-31(23)18-8-5-7-16-20(28-29(4)21(16)18)17-9-10-19(32)27-22(17)33/h5,7-8,17,23H,6,9-15H2,1-4H3,(H,34,35)(H,27,32,33). The zero-order valence-electron chi connectivity index (χ0n) is 21.0. The van der Waals surface area contributed by atoms with Crippen molar-refractivity contribution in [2.75, 3.05) is 24.5 Å². The van der Waals surface area contributed by atoms with Crippen molar-refractivity contribution in [3.63, 3.8) is 0 Å². The highest BCUT2D eigenvalue weighted by Crippen LogP contribution is 2.52. The lowest BCUT2D eigenvalue weighted by atomic mass is 9.65. The molecule has 3 aliphatic rings. The number of anilines is 1. The van der Waals surface area contributed by atoms with Crippen LogP contribution in [-0.4, -0.2) is 63.4 Å². The lowest BCUT2D eigenvalue weighted by Crippen LogP contribution is -2.56. The van der Waals surface area contributed by atoms with Gasteiger partial charge in [-0.15, -0.1) is 0 Å². The number of aryl methyl sites for hydroxylation is 1. The molecule has 3 saturated heterocycles. The first-order valence-corrected chi connectivity index (χ1v) is 12.6. The van der Waals surface area contributed by atoms with Crippen LogP contribution in [0.2, 0.25) is 0 Å². The van der Waals surface area contributed by atoms with Crippen LogP contribution in [0.3, 0.4) is 0 Å². The SMILES string of the molecule is Cn1nc(C2CCC(=O)NC2=O)c2cccc(N3CCC4(CCCN(C(=O)O)C4)C3C(C)(C)C)c21. The summed E-state index contributed by atoms with van der Waals surface area (Å²) in [5.74, 6) is -0.960. The van der Waals surface area contributed by atoms with Crippen molar-refractivity contribution in [1.82, 2.24) is 20.0 Å². The fourth-order valence-corrected chi connectivity index (χ4v) is 7.12. The fraction of sp³-hybridized carbons (Fsp3) is 0.615. The van der Waals surface area contributed by atoms with Crippen LogP contribution < -0.4 is 10.2 Å². The van der Waals surface area contributed by atoms with Crippen LogP contribution in [0.25, 0.3) is 10.9 Å². The second kappa shape index (κ2) is 8.24. The van der Waals surface area contributed by atoms with Gasteiger partial charge in [-0.05, 0) is 37.2 Å². The third-order valence-corrected chi connectivity index (χ3v) is 8.19. The summed E-state index contributed by atoms with van der Waals surface area (Å²) in [7, 11) is 1.91. The molecule has 4 heterocycles. The molecule has 0 aliphatic carbocycles. The largest absolute Gasteiger partial charge is 0.465 e. The number of aromatic nitrogens is 2. The van der Waals surface area contributed by atoms with Crippen LogP contribution in [-0.2, 0) is 16.6 Å². The first-order valence-electron chi connectivity index (χ1n) is 12.6. The van der Waals surface area contributed by atoms with Crippen LogP contribution >= 0.6 is 0 Å². The van der Waals surface area contributed by atoms with Gasteiger partial charge in [-0.25, -0.2) is 4.79 Å². The minimum absolute atomic E-state index is 0.0782. The lowest BCUT2D eigenvalue weighted by Gasteiger charge is -2.50. The number of nitrogens with zero attached hydrogens (tertiary/aromatic N) is 4. The highest BCUT2D eigenvalue weighted by Gasteiger charge is 2.54. The number of likely N-dealkylation sites (tertiary alicyclic amines) is 1. The Bertz CT molecular complexity index is 1200. The zero-order valence-corrected chi connectivity index (χ0v) is 21.0. The molecule has 188 valence electrons. The normalized spacial score (nSPS) is 27.7. The van der Waals surface area contributed by atoms with Crippen LogP contribution in [0.1, 0.15) is 64.5 Å². The number of amides is 3. The summed E-state index contributed by atoms with van der Waals surface area (Å²) >= 11 is 0. The highest BCUT2D eigenvalue weighted by molar-refractivity contribution is 6.03. The summed E-state index contributed by atoms with van der Waals surface area (Å²) in [4.78, 5) is 40.2. The summed E-state index contributed by atoms with van der Waals surface area (Å²) in [6, 6.07) is 6.30. The van der Waals surface area contributed by atoms with Gasteiger partial charge in [0.2, 0.25) is 11.8 Å². The molecule has 2 aromatic rings. The molecule has 5 rings (SSSR count). The second-order valence-corrected chi connectivity index (χ2v) is 11.6. The third-order valence-electron chi connectivity index (χ3n) is 8.19. The van der Waals surface area contributed by atoms with E-state index in [-0.39, 0.29) is 28.7 Å². The van der Waals surface area contributed by atoms with E-state index in [0.29, 0.717) is 31.6 Å². The topological polar surface area (TPSA) is 108 Å². The quantitative estimate of drug-likeness (QED) is 0.636. The van der Waals surface area contributed by atoms with Crippen molar-refractivity contribution >= 4 is 34.5 Å². The Morgan fingerprint density at radius 1 is 1.20 bits per heavy atom. The molecule has 3 unspecified atom stereocenters. The van der Waals surface area contributed by atoms with Crippen molar-refractivity contribution in [3.8, 4) is 0 Å². The van der Waals surface area contributed by atoms with E-state index in [1.807, 2.05) is 23.9 Å². The minimum atomic E-state index is -0.835. The van der Waals surface area contributed by atoms with E-state index in [0.717, 1.165) is 42.4 Å².